The van der Waals surface area contributed by atoms with Gasteiger partial charge in [0, 0.05) is 54.0 Å². The molecule has 0 radical (unpaired) electrons. The summed E-state index contributed by atoms with van der Waals surface area (Å²) in [7, 11) is 1.67. The quantitative estimate of drug-likeness (QED) is 0.252. The Balaban J connectivity index is 0.000000559. The number of fused-ring (bicyclic) bond motifs is 4. The number of nitrogens with one attached hydrogen (secondary N) is 1. The number of para-hydroxylation sites is 1. The minimum atomic E-state index is -1.82. The molecule has 0 atom stereocenters. The highest BCUT2D eigenvalue weighted by Gasteiger charge is 2.23. The lowest BCUT2D eigenvalue weighted by Crippen LogP contribution is -2.36. The topological polar surface area (TPSA) is 123 Å². The number of aliphatic carboxylic acids is 2. The summed E-state index contributed by atoms with van der Waals surface area (Å²) >= 11 is 0. The van der Waals surface area contributed by atoms with Crippen LogP contribution < -0.4 is 9.64 Å². The molecule has 9 nitrogen and oxygen atoms in total. The zero-order valence-electron chi connectivity index (χ0n) is 24.3. The molecule has 6 rings (SSSR count). The van der Waals surface area contributed by atoms with E-state index in [1.165, 1.54) is 46.1 Å². The molecule has 1 aromatic heterocycles. The number of carbonyl (C=O) groups excluding carboxylic acids is 1. The Hall–Kier alpha value is -4.63. The van der Waals surface area contributed by atoms with E-state index >= 15 is 0 Å². The van der Waals surface area contributed by atoms with Crippen molar-refractivity contribution in [2.24, 2.45) is 0 Å². The normalized spacial score (nSPS) is 14.2. The van der Waals surface area contributed by atoms with Gasteiger partial charge in [0.15, 0.2) is 0 Å². The number of anilines is 1. The number of ether oxygens (including phenoxy) is 1. The molecule has 0 unspecified atom stereocenters. The van der Waals surface area contributed by atoms with E-state index in [1.54, 1.807) is 7.11 Å². The van der Waals surface area contributed by atoms with Gasteiger partial charge in [-0.2, -0.15) is 0 Å². The number of carboxylic acids is 2. The van der Waals surface area contributed by atoms with Gasteiger partial charge in [-0.3, -0.25) is 9.69 Å². The van der Waals surface area contributed by atoms with Crippen molar-refractivity contribution in [3.8, 4) is 5.75 Å². The second-order valence-corrected chi connectivity index (χ2v) is 11.0. The lowest BCUT2D eigenvalue weighted by Gasteiger charge is -2.29. The number of rotatable bonds is 7. The number of benzene rings is 3. The van der Waals surface area contributed by atoms with Crippen LogP contribution in [0.4, 0.5) is 5.69 Å². The molecule has 3 N–H and O–H groups in total. The Labute approximate surface area is 250 Å². The van der Waals surface area contributed by atoms with Crippen LogP contribution in [0.1, 0.15) is 52.0 Å². The van der Waals surface area contributed by atoms with Crippen LogP contribution in [0.15, 0.2) is 66.7 Å². The van der Waals surface area contributed by atoms with Crippen LogP contribution in [-0.4, -0.2) is 64.7 Å². The zero-order valence-corrected chi connectivity index (χ0v) is 24.3. The van der Waals surface area contributed by atoms with Crippen molar-refractivity contribution < 1.29 is 29.3 Å². The predicted octanol–water partition coefficient (Wildman–Crippen LogP) is 5.31. The van der Waals surface area contributed by atoms with Crippen molar-refractivity contribution in [3.05, 3.63) is 94.7 Å². The molecule has 1 amide bonds. The second-order valence-electron chi connectivity index (χ2n) is 11.0. The molecule has 224 valence electrons. The Morgan fingerprint density at radius 3 is 2.35 bits per heavy atom. The third-order valence-corrected chi connectivity index (χ3v) is 8.23. The number of hydrogen-bond donors (Lipinski definition) is 3. The minimum absolute atomic E-state index is 0.0788. The first-order valence-corrected chi connectivity index (χ1v) is 14.7. The summed E-state index contributed by atoms with van der Waals surface area (Å²) in [5.74, 6) is -2.77. The number of amides is 1. The molecule has 0 fully saturated rings. The molecule has 0 saturated heterocycles. The summed E-state index contributed by atoms with van der Waals surface area (Å²) in [6.07, 6.45) is 6.63. The molecule has 1 aliphatic heterocycles. The molecule has 0 saturated carbocycles. The fourth-order valence-electron chi connectivity index (χ4n) is 6.02. The van der Waals surface area contributed by atoms with Crippen LogP contribution in [-0.2, 0) is 35.4 Å². The summed E-state index contributed by atoms with van der Waals surface area (Å²) in [5.41, 5.74) is 8.49. The van der Waals surface area contributed by atoms with E-state index in [4.69, 9.17) is 24.5 Å². The third-order valence-electron chi connectivity index (χ3n) is 8.23. The Morgan fingerprint density at radius 1 is 0.907 bits per heavy atom. The highest BCUT2D eigenvalue weighted by molar-refractivity contribution is 6.27. The molecule has 0 spiro atoms. The van der Waals surface area contributed by atoms with E-state index in [1.807, 2.05) is 35.2 Å². The Morgan fingerprint density at radius 2 is 1.63 bits per heavy atom. The number of aryl methyl sites for hydroxylation is 2. The second kappa shape index (κ2) is 13.6. The number of aromatic amines is 1. The fraction of sp³-hybridized carbons (Fsp3) is 0.324. The molecule has 43 heavy (non-hydrogen) atoms. The molecular formula is C34H37N3O6. The van der Waals surface area contributed by atoms with Crippen LogP contribution in [0.2, 0.25) is 0 Å². The standard InChI is InChI=1S/C32H35N3O2.C2H2O4/c1-37-27-15-13-26(14-16-27)35(32(36)25-12-11-23-7-2-3-8-24(23)21-25)19-6-18-34-20-17-29-28-9-4-5-10-30(28)33-31(29)22-34;3-1(4)2(5)6/h4-5,9-16,21,33H,2-3,6-8,17-20,22H2,1H3;(H,3,4)(H,5,6). The average molecular weight is 584 g/mol. The van der Waals surface area contributed by atoms with Gasteiger partial charge in [0.2, 0.25) is 0 Å². The maximum atomic E-state index is 13.8. The highest BCUT2D eigenvalue weighted by atomic mass is 16.5. The first kappa shape index (κ1) is 29.8. The summed E-state index contributed by atoms with van der Waals surface area (Å²) in [6.45, 7) is 3.62. The number of methoxy groups -OCH3 is 1. The molecule has 1 aliphatic carbocycles. The van der Waals surface area contributed by atoms with Crippen molar-refractivity contribution >= 4 is 34.4 Å². The van der Waals surface area contributed by atoms with Crippen LogP contribution in [0, 0.1) is 0 Å². The van der Waals surface area contributed by atoms with Gasteiger partial charge in [-0.25, -0.2) is 9.59 Å². The van der Waals surface area contributed by atoms with Crippen molar-refractivity contribution in [2.45, 2.75) is 45.1 Å². The summed E-state index contributed by atoms with van der Waals surface area (Å²) in [6, 6.07) is 22.8. The van der Waals surface area contributed by atoms with Crippen LogP contribution in [0.3, 0.4) is 0 Å². The molecule has 9 heteroatoms. The number of aromatic nitrogens is 1. The lowest BCUT2D eigenvalue weighted by molar-refractivity contribution is -0.159. The van der Waals surface area contributed by atoms with E-state index in [9.17, 15) is 4.79 Å². The monoisotopic (exact) mass is 583 g/mol. The van der Waals surface area contributed by atoms with E-state index in [-0.39, 0.29) is 5.91 Å². The Bertz CT molecular complexity index is 1600. The number of H-pyrrole nitrogens is 1. The van der Waals surface area contributed by atoms with E-state index < -0.39 is 11.9 Å². The molecule has 2 heterocycles. The molecule has 4 aromatic rings. The van der Waals surface area contributed by atoms with E-state index in [0.29, 0.717) is 6.54 Å². The average Bonchev–Trinajstić information content (AvgIpc) is 3.41. The number of hydrogen-bond acceptors (Lipinski definition) is 5. The van der Waals surface area contributed by atoms with Gasteiger partial charge < -0.3 is 24.8 Å². The smallest absolute Gasteiger partial charge is 0.414 e. The molecule has 3 aromatic carbocycles. The first-order valence-electron chi connectivity index (χ1n) is 14.7. The van der Waals surface area contributed by atoms with Gasteiger partial charge in [0.1, 0.15) is 5.75 Å². The minimum Gasteiger partial charge on any atom is -0.497 e. The first-order chi connectivity index (χ1) is 20.8. The SMILES string of the molecule is COc1ccc(N(CCCN2CCc3c([nH]c4ccccc34)C2)C(=O)c2ccc3c(c2)CCCC3)cc1.O=C(O)C(=O)O. The van der Waals surface area contributed by atoms with E-state index in [0.717, 1.165) is 62.3 Å². The van der Waals surface area contributed by atoms with Gasteiger partial charge in [-0.1, -0.05) is 24.3 Å². The third kappa shape index (κ3) is 7.06. The number of nitrogens with zero attached hydrogens (tertiary/aromatic N) is 2. The number of carboxylic acid groups (broad SMARTS) is 2. The predicted molar refractivity (Wildman–Crippen MR) is 165 cm³/mol. The van der Waals surface area contributed by atoms with Crippen molar-refractivity contribution in [2.75, 3.05) is 31.6 Å². The molecule has 0 bridgehead atoms. The van der Waals surface area contributed by atoms with Crippen molar-refractivity contribution in [1.82, 2.24) is 9.88 Å². The van der Waals surface area contributed by atoms with Crippen LogP contribution in [0.25, 0.3) is 10.9 Å². The summed E-state index contributed by atoms with van der Waals surface area (Å²) in [4.78, 5) is 40.1. The van der Waals surface area contributed by atoms with Gasteiger partial charge in [0.25, 0.3) is 5.91 Å². The van der Waals surface area contributed by atoms with Gasteiger partial charge in [0.05, 0.1) is 7.11 Å². The summed E-state index contributed by atoms with van der Waals surface area (Å²) < 4.78 is 5.35. The summed E-state index contributed by atoms with van der Waals surface area (Å²) in [5, 5.41) is 16.1. The largest absolute Gasteiger partial charge is 0.497 e. The van der Waals surface area contributed by atoms with Gasteiger partial charge in [-0.15, -0.1) is 0 Å². The van der Waals surface area contributed by atoms with Crippen molar-refractivity contribution in [1.29, 1.82) is 0 Å². The maximum absolute atomic E-state index is 13.8. The fourth-order valence-corrected chi connectivity index (χ4v) is 6.02. The molecule has 2 aliphatic rings. The maximum Gasteiger partial charge on any atom is 0.414 e. The van der Waals surface area contributed by atoms with Crippen LogP contribution in [0.5, 0.6) is 5.75 Å². The zero-order chi connectivity index (χ0) is 30.3. The van der Waals surface area contributed by atoms with Gasteiger partial charge in [-0.05, 0) is 97.7 Å². The highest BCUT2D eigenvalue weighted by Crippen LogP contribution is 2.28. The molecular weight excluding hydrogens is 546 g/mol. The van der Waals surface area contributed by atoms with Crippen LogP contribution >= 0.6 is 0 Å². The van der Waals surface area contributed by atoms with Crippen molar-refractivity contribution in [3.63, 3.8) is 0 Å². The Kier molecular flexibility index (Phi) is 9.41. The lowest BCUT2D eigenvalue weighted by atomic mass is 9.90. The van der Waals surface area contributed by atoms with E-state index in [2.05, 4.69) is 46.3 Å². The van der Waals surface area contributed by atoms with Gasteiger partial charge >= 0.3 is 11.9 Å². The number of carbonyl (C=O) groups is 3.